The number of hydrogen-bond donors (Lipinski definition) is 1. The summed E-state index contributed by atoms with van der Waals surface area (Å²) >= 11 is 5.37. The first-order valence-electron chi connectivity index (χ1n) is 4.31. The topological polar surface area (TPSA) is 49.9 Å². The number of nitrogens with one attached hydrogen (secondary N) is 1. The number of halogens is 1. The van der Waals surface area contributed by atoms with Crippen molar-refractivity contribution in [2.45, 2.75) is 6.92 Å². The summed E-state index contributed by atoms with van der Waals surface area (Å²) in [6.07, 6.45) is 5.21. The predicted octanol–water partition coefficient (Wildman–Crippen LogP) is 0.521. The van der Waals surface area contributed by atoms with Crippen molar-refractivity contribution in [3.05, 3.63) is 44.7 Å². The molecule has 15 heavy (non-hydrogen) atoms. The average Bonchev–Trinajstić information content (AvgIpc) is 2.15. The molecule has 0 saturated carbocycles. The monoisotopic (exact) mass is 223 g/mol. The highest BCUT2D eigenvalue weighted by Gasteiger charge is 2.05. The quantitative estimate of drug-likeness (QED) is 0.744. The van der Waals surface area contributed by atoms with Gasteiger partial charge in [-0.15, -0.1) is 0 Å². The lowest BCUT2D eigenvalue weighted by atomic mass is 10.2. The van der Waals surface area contributed by atoms with Crippen LogP contribution in [0, 0.1) is 0 Å². The summed E-state index contributed by atoms with van der Waals surface area (Å²) in [6.45, 7) is 5.49. The minimum atomic E-state index is -0.665. The number of H-pyrrole nitrogens is 1. The number of pyridine rings is 1. The van der Waals surface area contributed by atoms with Gasteiger partial charge in [0.15, 0.2) is 0 Å². The van der Waals surface area contributed by atoms with E-state index in [4.69, 9.17) is 11.6 Å². The van der Waals surface area contributed by atoms with Crippen molar-refractivity contribution in [3.63, 3.8) is 0 Å². The summed E-state index contributed by atoms with van der Waals surface area (Å²) < 4.78 is 0. The van der Waals surface area contributed by atoms with Crippen LogP contribution in [0.1, 0.15) is 17.3 Å². The third-order valence-electron chi connectivity index (χ3n) is 1.83. The normalized spacial score (nSPS) is 12.3. The van der Waals surface area contributed by atoms with Crippen molar-refractivity contribution in [3.8, 4) is 0 Å². The van der Waals surface area contributed by atoms with Crippen LogP contribution in [0.3, 0.4) is 0 Å². The van der Waals surface area contributed by atoms with Crippen LogP contribution in [-0.4, -0.2) is 10.2 Å². The van der Waals surface area contributed by atoms with Crippen LogP contribution in [0.4, 0.5) is 0 Å². The van der Waals surface area contributed by atoms with Crippen LogP contribution in [0.25, 0.3) is 12.7 Å². The van der Waals surface area contributed by atoms with Gasteiger partial charge in [-0.1, -0.05) is 24.8 Å². The van der Waals surface area contributed by atoms with Gasteiger partial charge in [0.05, 0.1) is 0 Å². The number of aromatic amines is 1. The van der Waals surface area contributed by atoms with Crippen LogP contribution < -0.4 is 16.1 Å². The van der Waals surface area contributed by atoms with E-state index in [0.717, 1.165) is 0 Å². The Kier molecular flexibility index (Phi) is 3.63. The lowest BCUT2D eigenvalue weighted by Gasteiger charge is -1.95. The Morgan fingerprint density at radius 3 is 2.80 bits per heavy atom. The first kappa shape index (κ1) is 11.5. The van der Waals surface area contributed by atoms with Gasteiger partial charge in [-0.3, -0.25) is 9.59 Å². The van der Waals surface area contributed by atoms with Crippen molar-refractivity contribution in [1.82, 2.24) is 4.98 Å². The molecule has 0 bridgehead atoms. The molecular formula is C11H10ClNO2. The van der Waals surface area contributed by atoms with E-state index in [9.17, 15) is 9.59 Å². The molecule has 0 atom stereocenters. The van der Waals surface area contributed by atoms with Crippen LogP contribution in [-0.2, 0) is 0 Å². The van der Waals surface area contributed by atoms with Crippen molar-refractivity contribution >= 4 is 29.5 Å². The zero-order valence-corrected chi connectivity index (χ0v) is 8.97. The Hall–Kier alpha value is -1.61. The Morgan fingerprint density at radius 1 is 1.60 bits per heavy atom. The van der Waals surface area contributed by atoms with Gasteiger partial charge in [-0.2, -0.15) is 0 Å². The molecule has 0 aliphatic rings. The third kappa shape index (κ3) is 2.67. The molecule has 4 heteroatoms. The largest absolute Gasteiger partial charge is 0.322 e. The third-order valence-corrected chi connectivity index (χ3v) is 2.04. The second-order valence-corrected chi connectivity index (χ2v) is 3.25. The summed E-state index contributed by atoms with van der Waals surface area (Å²) in [7, 11) is 0. The number of carbonyl (C=O) groups excluding carboxylic acids is 1. The van der Waals surface area contributed by atoms with Crippen molar-refractivity contribution in [2.75, 3.05) is 0 Å². The Labute approximate surface area is 91.4 Å². The second kappa shape index (κ2) is 4.75. The van der Waals surface area contributed by atoms with Gasteiger partial charge in [0.25, 0.3) is 5.24 Å². The molecule has 78 valence electrons. The van der Waals surface area contributed by atoms with Crippen LogP contribution in [0.15, 0.2) is 23.0 Å². The predicted molar refractivity (Wildman–Crippen MR) is 61.3 cm³/mol. The summed E-state index contributed by atoms with van der Waals surface area (Å²) in [4.78, 5) is 24.7. The maximum Gasteiger partial charge on any atom is 0.253 e. The molecule has 1 N–H and O–H groups in total. The van der Waals surface area contributed by atoms with Crippen LogP contribution in [0.5, 0.6) is 0 Å². The van der Waals surface area contributed by atoms with E-state index in [-0.39, 0.29) is 11.1 Å². The highest BCUT2D eigenvalue weighted by molar-refractivity contribution is 6.67. The van der Waals surface area contributed by atoms with Crippen molar-refractivity contribution in [1.29, 1.82) is 0 Å². The van der Waals surface area contributed by atoms with E-state index < -0.39 is 5.24 Å². The van der Waals surface area contributed by atoms with E-state index in [1.54, 1.807) is 18.2 Å². The zero-order valence-electron chi connectivity index (χ0n) is 8.21. The lowest BCUT2D eigenvalue weighted by Crippen LogP contribution is -2.36. The van der Waals surface area contributed by atoms with Gasteiger partial charge in [-0.05, 0) is 18.5 Å². The maximum absolute atomic E-state index is 11.1. The molecule has 0 amide bonds. The van der Waals surface area contributed by atoms with Gasteiger partial charge in [0.2, 0.25) is 5.56 Å². The maximum atomic E-state index is 11.1. The van der Waals surface area contributed by atoms with Gasteiger partial charge in [0.1, 0.15) is 0 Å². The van der Waals surface area contributed by atoms with Gasteiger partial charge in [-0.25, -0.2) is 0 Å². The molecule has 1 heterocycles. The average molecular weight is 224 g/mol. The molecule has 0 fully saturated rings. The fourth-order valence-corrected chi connectivity index (χ4v) is 1.33. The molecule has 0 aliphatic carbocycles. The van der Waals surface area contributed by atoms with Gasteiger partial charge in [0, 0.05) is 22.2 Å². The molecule has 0 spiro atoms. The molecule has 0 aromatic carbocycles. The Bertz CT molecular complexity index is 569. The zero-order chi connectivity index (χ0) is 11.4. The summed E-state index contributed by atoms with van der Waals surface area (Å²) in [6, 6.07) is 1.17. The number of allylic oxidation sites excluding steroid dienone is 2. The fraction of sp³-hybridized carbons (Fsp3) is 0.0909. The molecule has 0 unspecified atom stereocenters. The highest BCUT2D eigenvalue weighted by atomic mass is 35.5. The molecule has 3 nitrogen and oxygen atoms in total. The lowest BCUT2D eigenvalue weighted by molar-refractivity contribution is 0.108. The fourth-order valence-electron chi connectivity index (χ4n) is 1.17. The number of aromatic nitrogens is 1. The van der Waals surface area contributed by atoms with E-state index in [0.29, 0.717) is 10.6 Å². The highest BCUT2D eigenvalue weighted by Crippen LogP contribution is 1.91. The number of hydrogen-bond acceptors (Lipinski definition) is 2. The van der Waals surface area contributed by atoms with Crippen LogP contribution >= 0.6 is 11.6 Å². The second-order valence-electron chi connectivity index (χ2n) is 2.91. The van der Waals surface area contributed by atoms with E-state index >= 15 is 0 Å². The molecule has 0 aliphatic heterocycles. The van der Waals surface area contributed by atoms with Gasteiger partial charge >= 0.3 is 0 Å². The van der Waals surface area contributed by atoms with E-state index in [1.165, 1.54) is 6.07 Å². The molecule has 0 saturated heterocycles. The SMILES string of the molecule is C=c1[nH]c(=O)cc(C(=O)Cl)/c1=C/C=C\C. The van der Waals surface area contributed by atoms with Crippen molar-refractivity contribution < 1.29 is 4.79 Å². The minimum Gasteiger partial charge on any atom is -0.322 e. The smallest absolute Gasteiger partial charge is 0.253 e. The molecule has 1 aromatic heterocycles. The molecule has 1 aromatic rings. The first-order chi connectivity index (χ1) is 7.06. The van der Waals surface area contributed by atoms with E-state index in [1.807, 2.05) is 6.92 Å². The molecular weight excluding hydrogens is 214 g/mol. The Balaban J connectivity index is 3.70. The summed E-state index contributed by atoms with van der Waals surface area (Å²) in [5, 5.41) is 0.249. The number of carbonyl (C=O) groups is 1. The van der Waals surface area contributed by atoms with Crippen LogP contribution in [0.2, 0.25) is 0 Å². The van der Waals surface area contributed by atoms with Gasteiger partial charge < -0.3 is 4.98 Å². The molecule has 0 radical (unpaired) electrons. The molecule has 1 rings (SSSR count). The number of rotatable bonds is 2. The first-order valence-corrected chi connectivity index (χ1v) is 4.69. The summed E-state index contributed by atoms with van der Waals surface area (Å²) in [5.41, 5.74) is -0.217. The minimum absolute atomic E-state index is 0.170. The van der Waals surface area contributed by atoms with Crippen molar-refractivity contribution in [2.24, 2.45) is 0 Å². The standard InChI is InChI=1S/C11H10ClNO2/c1-3-4-5-8-7(2)13-10(14)6-9(8)11(12)15/h3-6H,2H2,1H3,(H,13,14)/b4-3-,8-5+. The Morgan fingerprint density at radius 2 is 2.27 bits per heavy atom. The summed E-state index contributed by atoms with van der Waals surface area (Å²) in [5.74, 6) is 0. The van der Waals surface area contributed by atoms with E-state index in [2.05, 4.69) is 11.6 Å².